The Morgan fingerprint density at radius 2 is 1.94 bits per heavy atom. The maximum Gasteiger partial charge on any atom is 0.333 e. The minimum absolute atomic E-state index is 0.138. The van der Waals surface area contributed by atoms with Gasteiger partial charge in [-0.25, -0.2) is 9.07 Å². The van der Waals surface area contributed by atoms with E-state index in [2.05, 4.69) is 15.4 Å². The van der Waals surface area contributed by atoms with E-state index in [0.29, 0.717) is 39.3 Å². The first-order valence-electron chi connectivity index (χ1n) is 9.51. The molecule has 0 fully saturated rings. The number of carbonyl (C=O) groups excluding carboxylic acids is 1. The lowest BCUT2D eigenvalue weighted by Gasteiger charge is -2.11. The normalized spacial score (nSPS) is 11.6. The number of carbonyl (C=O) groups is 1. The van der Waals surface area contributed by atoms with E-state index in [-0.39, 0.29) is 18.3 Å². The second-order valence-corrected chi connectivity index (χ2v) is 7.07. The van der Waals surface area contributed by atoms with Crippen LogP contribution in [-0.2, 0) is 11.3 Å². The number of hydrogen-bond donors (Lipinski definition) is 1. The van der Waals surface area contributed by atoms with Crippen LogP contribution in [0.3, 0.4) is 0 Å². The van der Waals surface area contributed by atoms with Crippen molar-refractivity contribution < 1.29 is 18.0 Å². The summed E-state index contributed by atoms with van der Waals surface area (Å²) in [5.74, 6) is -0.658. The van der Waals surface area contributed by atoms with E-state index in [1.54, 1.807) is 30.5 Å². The number of alkyl halides is 2. The van der Waals surface area contributed by atoms with Crippen LogP contribution in [0.15, 0.2) is 60.9 Å². The van der Waals surface area contributed by atoms with Gasteiger partial charge in [-0.1, -0.05) is 6.08 Å². The summed E-state index contributed by atoms with van der Waals surface area (Å²) < 4.78 is 39.8. The highest BCUT2D eigenvalue weighted by atomic mass is 19.3. The number of likely N-dealkylation sites (N-methyl/N-ethyl adjacent to an activating group) is 1. The standard InChI is InChI=1S/C22H22F3N5O/c1-29(2)10-3-4-21(31)27-14-16-13-26-20(15-5-7-17(23)8-6-15)12-18(16)19-9-11-30(28-19)22(24)25/h3-9,11-13,22H,10,14H2,1-2H3,(H,27,31)/b4-3+. The molecule has 9 heteroatoms. The van der Waals surface area contributed by atoms with E-state index in [9.17, 15) is 18.0 Å². The summed E-state index contributed by atoms with van der Waals surface area (Å²) in [6.07, 6.45) is 5.91. The number of nitrogens with zero attached hydrogens (tertiary/aromatic N) is 4. The van der Waals surface area contributed by atoms with Crippen LogP contribution in [0.2, 0.25) is 0 Å². The van der Waals surface area contributed by atoms with Crippen molar-refractivity contribution in [1.29, 1.82) is 0 Å². The van der Waals surface area contributed by atoms with Crippen LogP contribution < -0.4 is 5.32 Å². The van der Waals surface area contributed by atoms with Crippen molar-refractivity contribution in [3.8, 4) is 22.5 Å². The zero-order valence-electron chi connectivity index (χ0n) is 17.1. The van der Waals surface area contributed by atoms with Crippen molar-refractivity contribution in [1.82, 2.24) is 25.0 Å². The molecule has 0 aliphatic carbocycles. The minimum atomic E-state index is -2.77. The summed E-state index contributed by atoms with van der Waals surface area (Å²) in [5, 5.41) is 6.69. The molecule has 0 aliphatic heterocycles. The van der Waals surface area contributed by atoms with E-state index < -0.39 is 6.55 Å². The molecule has 0 bridgehead atoms. The smallest absolute Gasteiger partial charge is 0.333 e. The molecule has 0 saturated carbocycles. The van der Waals surface area contributed by atoms with Gasteiger partial charge < -0.3 is 10.2 Å². The molecule has 0 atom stereocenters. The molecule has 2 aromatic heterocycles. The first-order chi connectivity index (χ1) is 14.8. The molecule has 1 aromatic carbocycles. The second-order valence-electron chi connectivity index (χ2n) is 7.07. The fourth-order valence-electron chi connectivity index (χ4n) is 2.84. The lowest BCUT2D eigenvalue weighted by Crippen LogP contribution is -2.21. The summed E-state index contributed by atoms with van der Waals surface area (Å²) in [5.41, 5.74) is 2.67. The zero-order valence-corrected chi connectivity index (χ0v) is 17.1. The molecule has 0 spiro atoms. The number of benzene rings is 1. The summed E-state index contributed by atoms with van der Waals surface area (Å²) in [7, 11) is 3.78. The Bertz CT molecular complexity index is 1060. The highest BCUT2D eigenvalue weighted by molar-refractivity contribution is 5.87. The van der Waals surface area contributed by atoms with Crippen molar-refractivity contribution in [3.05, 3.63) is 72.3 Å². The molecule has 31 heavy (non-hydrogen) atoms. The molecule has 1 amide bonds. The minimum Gasteiger partial charge on any atom is -0.348 e. The van der Waals surface area contributed by atoms with E-state index >= 15 is 0 Å². The van der Waals surface area contributed by atoms with Gasteiger partial charge in [-0.3, -0.25) is 9.78 Å². The Morgan fingerprint density at radius 1 is 1.19 bits per heavy atom. The van der Waals surface area contributed by atoms with Gasteiger partial charge >= 0.3 is 6.55 Å². The Morgan fingerprint density at radius 3 is 2.58 bits per heavy atom. The molecule has 6 nitrogen and oxygen atoms in total. The summed E-state index contributed by atoms with van der Waals surface area (Å²) >= 11 is 0. The Balaban J connectivity index is 1.89. The van der Waals surface area contributed by atoms with Gasteiger partial charge in [0, 0.05) is 42.7 Å². The highest BCUT2D eigenvalue weighted by Gasteiger charge is 2.15. The van der Waals surface area contributed by atoms with Crippen LogP contribution >= 0.6 is 0 Å². The number of pyridine rings is 1. The van der Waals surface area contributed by atoms with Crippen molar-refractivity contribution in [2.75, 3.05) is 20.6 Å². The number of amides is 1. The highest BCUT2D eigenvalue weighted by Crippen LogP contribution is 2.28. The van der Waals surface area contributed by atoms with Crippen LogP contribution in [0, 0.1) is 5.82 Å². The van der Waals surface area contributed by atoms with Gasteiger partial charge in [0.2, 0.25) is 5.91 Å². The summed E-state index contributed by atoms with van der Waals surface area (Å²) in [6, 6.07) is 8.95. The average Bonchev–Trinajstić information content (AvgIpc) is 3.23. The molecule has 0 aliphatic rings. The predicted octanol–water partition coefficient (Wildman–Crippen LogP) is 3.88. The van der Waals surface area contributed by atoms with Crippen molar-refractivity contribution in [2.45, 2.75) is 13.1 Å². The third-order valence-electron chi connectivity index (χ3n) is 4.40. The Hall–Kier alpha value is -3.46. The fourth-order valence-corrected chi connectivity index (χ4v) is 2.84. The molecule has 0 saturated heterocycles. The number of halogens is 3. The number of rotatable bonds is 8. The van der Waals surface area contributed by atoms with Crippen LogP contribution in [0.1, 0.15) is 12.1 Å². The molecular weight excluding hydrogens is 407 g/mol. The molecule has 162 valence electrons. The van der Waals surface area contributed by atoms with Gasteiger partial charge in [0.05, 0.1) is 11.4 Å². The number of hydrogen-bond acceptors (Lipinski definition) is 4. The van der Waals surface area contributed by atoms with Crippen LogP contribution in [-0.4, -0.2) is 46.2 Å². The first kappa shape index (κ1) is 22.2. The molecular formula is C22H22F3N5O. The van der Waals surface area contributed by atoms with Gasteiger partial charge in [-0.2, -0.15) is 13.9 Å². The van der Waals surface area contributed by atoms with Gasteiger partial charge in [0.1, 0.15) is 5.82 Å². The van der Waals surface area contributed by atoms with Crippen molar-refractivity contribution in [3.63, 3.8) is 0 Å². The molecule has 1 N–H and O–H groups in total. The molecule has 3 rings (SSSR count). The number of aromatic nitrogens is 3. The molecule has 0 unspecified atom stereocenters. The first-order valence-corrected chi connectivity index (χ1v) is 9.51. The average molecular weight is 429 g/mol. The van der Waals surface area contributed by atoms with Gasteiger partial charge in [0.25, 0.3) is 0 Å². The van der Waals surface area contributed by atoms with Crippen LogP contribution in [0.25, 0.3) is 22.5 Å². The topological polar surface area (TPSA) is 63.1 Å². The van der Waals surface area contributed by atoms with Crippen LogP contribution in [0.4, 0.5) is 13.2 Å². The van der Waals surface area contributed by atoms with Gasteiger partial charge in [0.15, 0.2) is 0 Å². The maximum absolute atomic E-state index is 13.2. The predicted molar refractivity (Wildman–Crippen MR) is 112 cm³/mol. The van der Waals surface area contributed by atoms with Crippen molar-refractivity contribution >= 4 is 5.91 Å². The lowest BCUT2D eigenvalue weighted by molar-refractivity contribution is -0.116. The third-order valence-corrected chi connectivity index (χ3v) is 4.40. The second kappa shape index (κ2) is 10.0. The molecule has 3 aromatic rings. The Labute approximate surface area is 178 Å². The molecule has 0 radical (unpaired) electrons. The zero-order chi connectivity index (χ0) is 22.4. The van der Waals surface area contributed by atoms with E-state index in [1.807, 2.05) is 19.0 Å². The summed E-state index contributed by atoms with van der Waals surface area (Å²) in [6.45, 7) is -2.01. The van der Waals surface area contributed by atoms with Crippen LogP contribution in [0.5, 0.6) is 0 Å². The maximum atomic E-state index is 13.2. The summed E-state index contributed by atoms with van der Waals surface area (Å²) in [4.78, 5) is 18.4. The monoisotopic (exact) mass is 429 g/mol. The SMILES string of the molecule is CN(C)C/C=C/C(=O)NCc1cnc(-c2ccc(F)cc2)cc1-c1ccn(C(F)F)n1. The van der Waals surface area contributed by atoms with Gasteiger partial charge in [-0.15, -0.1) is 0 Å². The third kappa shape index (κ3) is 6.02. The molecule has 2 heterocycles. The number of nitrogens with one attached hydrogen (secondary N) is 1. The van der Waals surface area contributed by atoms with E-state index in [1.165, 1.54) is 30.5 Å². The van der Waals surface area contributed by atoms with Crippen molar-refractivity contribution in [2.24, 2.45) is 0 Å². The largest absolute Gasteiger partial charge is 0.348 e. The lowest BCUT2D eigenvalue weighted by atomic mass is 10.0. The van der Waals surface area contributed by atoms with Gasteiger partial charge in [-0.05, 0) is 56.1 Å². The van der Waals surface area contributed by atoms with E-state index in [4.69, 9.17) is 0 Å². The Kier molecular flexibility index (Phi) is 7.19. The van der Waals surface area contributed by atoms with E-state index in [0.717, 1.165) is 0 Å². The fraction of sp³-hybridized carbons (Fsp3) is 0.227. The quantitative estimate of drug-likeness (QED) is 0.552.